The Kier molecular flexibility index (Phi) is 4.09. The van der Waals surface area contributed by atoms with E-state index in [1.54, 1.807) is 0 Å². The molecular formula is C18H24N2O3. The molecule has 1 amide bonds. The third kappa shape index (κ3) is 3.13. The lowest BCUT2D eigenvalue weighted by molar-refractivity contribution is -0.179. The molecule has 1 aromatic carbocycles. The average molecular weight is 316 g/mol. The largest absolute Gasteiger partial charge is 0.348 e. The molecule has 1 aliphatic carbocycles. The molecule has 0 radical (unpaired) electrons. The van der Waals surface area contributed by atoms with E-state index in [1.165, 1.54) is 5.56 Å². The normalized spacial score (nSPS) is 27.0. The van der Waals surface area contributed by atoms with Crippen molar-refractivity contribution in [2.75, 3.05) is 25.1 Å². The molecular weight excluding hydrogens is 292 g/mol. The Bertz CT molecular complexity index is 573. The van der Waals surface area contributed by atoms with Gasteiger partial charge in [0, 0.05) is 43.5 Å². The van der Waals surface area contributed by atoms with Crippen molar-refractivity contribution in [3.63, 3.8) is 0 Å². The van der Waals surface area contributed by atoms with Gasteiger partial charge in [-0.2, -0.15) is 0 Å². The van der Waals surface area contributed by atoms with Crippen molar-refractivity contribution >= 4 is 11.6 Å². The van der Waals surface area contributed by atoms with E-state index in [1.807, 2.05) is 18.2 Å². The zero-order valence-corrected chi connectivity index (χ0v) is 13.3. The number of para-hydroxylation sites is 1. The minimum atomic E-state index is -0.296. The van der Waals surface area contributed by atoms with Crippen molar-refractivity contribution in [2.24, 2.45) is 0 Å². The first kappa shape index (κ1) is 15.1. The van der Waals surface area contributed by atoms with Gasteiger partial charge in [-0.05, 0) is 24.5 Å². The third-order valence-electron chi connectivity index (χ3n) is 5.32. The number of benzene rings is 1. The first-order valence-corrected chi connectivity index (χ1v) is 8.64. The van der Waals surface area contributed by atoms with Crippen molar-refractivity contribution in [3.05, 3.63) is 29.8 Å². The molecule has 2 N–H and O–H groups in total. The number of amides is 1. The van der Waals surface area contributed by atoms with Crippen LogP contribution in [0.3, 0.4) is 0 Å². The Hall–Kier alpha value is -1.43. The first-order chi connectivity index (χ1) is 11.2. The lowest BCUT2D eigenvalue weighted by atomic mass is 9.87. The average Bonchev–Trinajstić information content (AvgIpc) is 3.02. The van der Waals surface area contributed by atoms with Crippen LogP contribution in [0.5, 0.6) is 0 Å². The Labute approximate surface area is 136 Å². The maximum absolute atomic E-state index is 11.9. The first-order valence-electron chi connectivity index (χ1n) is 8.64. The van der Waals surface area contributed by atoms with Crippen molar-refractivity contribution in [1.29, 1.82) is 0 Å². The molecule has 1 atom stereocenters. The highest BCUT2D eigenvalue weighted by atomic mass is 16.7. The zero-order chi connectivity index (χ0) is 15.7. The summed E-state index contributed by atoms with van der Waals surface area (Å²) in [6.07, 6.45) is 4.63. The van der Waals surface area contributed by atoms with Gasteiger partial charge in [-0.1, -0.05) is 18.2 Å². The van der Waals surface area contributed by atoms with E-state index < -0.39 is 0 Å². The van der Waals surface area contributed by atoms with Crippen LogP contribution in [0.25, 0.3) is 0 Å². The number of hydrogen-bond donors (Lipinski definition) is 2. The number of fused-ring (bicyclic) bond motifs is 1. The number of carbonyl (C=O) groups is 1. The summed E-state index contributed by atoms with van der Waals surface area (Å²) in [5, 5.41) is 6.63. The maximum atomic E-state index is 11.9. The van der Waals surface area contributed by atoms with Crippen molar-refractivity contribution in [3.8, 4) is 0 Å². The fourth-order valence-corrected chi connectivity index (χ4v) is 4.04. The van der Waals surface area contributed by atoms with E-state index in [4.69, 9.17) is 9.47 Å². The Balaban J connectivity index is 1.34. The van der Waals surface area contributed by atoms with Crippen LogP contribution in [0.2, 0.25) is 0 Å². The number of anilines is 1. The van der Waals surface area contributed by atoms with Crippen LogP contribution in [0.15, 0.2) is 24.3 Å². The number of ether oxygens (including phenoxy) is 2. The Morgan fingerprint density at radius 1 is 1.17 bits per heavy atom. The number of carbonyl (C=O) groups excluding carboxylic acids is 1. The van der Waals surface area contributed by atoms with Crippen LogP contribution in [0.1, 0.15) is 43.6 Å². The van der Waals surface area contributed by atoms with Gasteiger partial charge in [0.1, 0.15) is 0 Å². The van der Waals surface area contributed by atoms with Gasteiger partial charge >= 0.3 is 0 Å². The fraction of sp³-hybridized carbons (Fsp3) is 0.611. The number of hydrogen-bond acceptors (Lipinski definition) is 4. The summed E-state index contributed by atoms with van der Waals surface area (Å²) < 4.78 is 11.6. The van der Waals surface area contributed by atoms with Crippen molar-refractivity contribution in [2.45, 2.75) is 49.9 Å². The maximum Gasteiger partial charge on any atom is 0.225 e. The second-order valence-corrected chi connectivity index (χ2v) is 6.83. The van der Waals surface area contributed by atoms with Gasteiger partial charge in [0.25, 0.3) is 0 Å². The van der Waals surface area contributed by atoms with Gasteiger partial charge in [0.05, 0.1) is 13.2 Å². The van der Waals surface area contributed by atoms with Gasteiger partial charge in [0.2, 0.25) is 5.91 Å². The molecule has 1 saturated carbocycles. The van der Waals surface area contributed by atoms with E-state index in [9.17, 15) is 4.79 Å². The Morgan fingerprint density at radius 3 is 2.70 bits per heavy atom. The van der Waals surface area contributed by atoms with E-state index >= 15 is 0 Å². The fourth-order valence-electron chi connectivity index (χ4n) is 4.04. The van der Waals surface area contributed by atoms with E-state index in [0.717, 1.165) is 51.1 Å². The topological polar surface area (TPSA) is 59.6 Å². The molecule has 5 nitrogen and oxygen atoms in total. The standard InChI is InChI=1S/C18H24N2O3/c21-17-11-13(15-3-1-2-4-16(15)20-17)12-19-14-5-7-18(8-6-14)22-9-10-23-18/h1-4,13-14,19H,5-12H2,(H,20,21). The smallest absolute Gasteiger partial charge is 0.225 e. The van der Waals surface area contributed by atoms with Gasteiger partial charge in [-0.15, -0.1) is 0 Å². The van der Waals surface area contributed by atoms with Crippen molar-refractivity contribution < 1.29 is 14.3 Å². The minimum absolute atomic E-state index is 0.117. The van der Waals surface area contributed by atoms with Crippen LogP contribution < -0.4 is 10.6 Å². The summed E-state index contributed by atoms with van der Waals surface area (Å²) >= 11 is 0. The highest BCUT2D eigenvalue weighted by Gasteiger charge is 2.40. The summed E-state index contributed by atoms with van der Waals surface area (Å²) in [6.45, 7) is 2.31. The molecule has 124 valence electrons. The summed E-state index contributed by atoms with van der Waals surface area (Å²) in [6, 6.07) is 8.61. The van der Waals surface area contributed by atoms with Crippen LogP contribution in [-0.2, 0) is 14.3 Å². The van der Waals surface area contributed by atoms with Crippen LogP contribution in [0.4, 0.5) is 5.69 Å². The molecule has 3 aliphatic rings. The van der Waals surface area contributed by atoms with E-state index in [-0.39, 0.29) is 17.6 Å². The van der Waals surface area contributed by atoms with E-state index in [0.29, 0.717) is 12.5 Å². The second kappa shape index (κ2) is 6.23. The lowest BCUT2D eigenvalue weighted by Gasteiger charge is -2.36. The molecule has 1 spiro atoms. The Morgan fingerprint density at radius 2 is 1.91 bits per heavy atom. The SMILES string of the molecule is O=C1CC(CNC2CCC3(CC2)OCCO3)c2ccccc2N1. The summed E-state index contributed by atoms with van der Waals surface area (Å²) in [7, 11) is 0. The predicted octanol–water partition coefficient (Wildman–Crippen LogP) is 2.39. The van der Waals surface area contributed by atoms with Crippen LogP contribution >= 0.6 is 0 Å². The highest BCUT2D eigenvalue weighted by Crippen LogP contribution is 2.36. The van der Waals surface area contributed by atoms with E-state index in [2.05, 4.69) is 16.7 Å². The van der Waals surface area contributed by atoms with Gasteiger partial charge < -0.3 is 20.1 Å². The molecule has 4 rings (SSSR count). The molecule has 2 heterocycles. The summed E-state index contributed by atoms with van der Waals surface area (Å²) in [5.41, 5.74) is 2.21. The monoisotopic (exact) mass is 316 g/mol. The van der Waals surface area contributed by atoms with Gasteiger partial charge in [-0.3, -0.25) is 4.79 Å². The summed E-state index contributed by atoms with van der Waals surface area (Å²) in [5.74, 6) is 0.0795. The minimum Gasteiger partial charge on any atom is -0.348 e. The predicted molar refractivity (Wildman–Crippen MR) is 87.3 cm³/mol. The lowest BCUT2D eigenvalue weighted by Crippen LogP contribution is -2.43. The molecule has 23 heavy (non-hydrogen) atoms. The molecule has 0 bridgehead atoms. The molecule has 1 saturated heterocycles. The van der Waals surface area contributed by atoms with Gasteiger partial charge in [-0.25, -0.2) is 0 Å². The molecule has 2 aliphatic heterocycles. The molecule has 5 heteroatoms. The van der Waals surface area contributed by atoms with Crippen LogP contribution in [-0.4, -0.2) is 37.5 Å². The third-order valence-corrected chi connectivity index (χ3v) is 5.32. The number of nitrogens with one attached hydrogen (secondary N) is 2. The van der Waals surface area contributed by atoms with Gasteiger partial charge in [0.15, 0.2) is 5.79 Å². The number of rotatable bonds is 3. The quantitative estimate of drug-likeness (QED) is 0.899. The zero-order valence-electron chi connectivity index (χ0n) is 13.3. The molecule has 2 fully saturated rings. The van der Waals surface area contributed by atoms with Crippen molar-refractivity contribution in [1.82, 2.24) is 5.32 Å². The molecule has 1 aromatic rings. The van der Waals surface area contributed by atoms with Crippen LogP contribution in [0, 0.1) is 0 Å². The molecule has 1 unspecified atom stereocenters. The highest BCUT2D eigenvalue weighted by molar-refractivity contribution is 5.94. The molecule has 0 aromatic heterocycles. The second-order valence-electron chi connectivity index (χ2n) is 6.83. The summed E-state index contributed by atoms with van der Waals surface area (Å²) in [4.78, 5) is 11.9.